The third-order valence-corrected chi connectivity index (χ3v) is 5.86. The van der Waals surface area contributed by atoms with Crippen molar-refractivity contribution in [1.29, 1.82) is 0 Å². The van der Waals surface area contributed by atoms with Gasteiger partial charge in [0.1, 0.15) is 5.54 Å². The summed E-state index contributed by atoms with van der Waals surface area (Å²) in [6, 6.07) is 10.7. The summed E-state index contributed by atoms with van der Waals surface area (Å²) < 4.78 is 7.96. The summed E-state index contributed by atoms with van der Waals surface area (Å²) in [6.07, 6.45) is 4.00. The van der Waals surface area contributed by atoms with Crippen LogP contribution in [0.3, 0.4) is 0 Å². The van der Waals surface area contributed by atoms with Gasteiger partial charge in [0.15, 0.2) is 0 Å². The van der Waals surface area contributed by atoms with Gasteiger partial charge in [-0.25, -0.2) is 4.79 Å². The highest BCUT2D eigenvalue weighted by Crippen LogP contribution is 2.29. The summed E-state index contributed by atoms with van der Waals surface area (Å²) in [6.45, 7) is 7.39. The number of carbonyl (C=O) groups excluding carboxylic acids is 2. The molecule has 0 saturated carbocycles. The normalized spacial score (nSPS) is 24.7. The van der Waals surface area contributed by atoms with Gasteiger partial charge in [-0.3, -0.25) is 4.79 Å². The Kier molecular flexibility index (Phi) is 5.00. The van der Waals surface area contributed by atoms with Crippen molar-refractivity contribution in [3.8, 4) is 0 Å². The van der Waals surface area contributed by atoms with Gasteiger partial charge in [0, 0.05) is 30.1 Å². The van der Waals surface area contributed by atoms with Crippen LogP contribution in [-0.4, -0.2) is 40.4 Å². The number of rotatable bonds is 5. The molecule has 2 aliphatic heterocycles. The molecule has 2 aliphatic rings. The van der Waals surface area contributed by atoms with E-state index in [9.17, 15) is 9.59 Å². The van der Waals surface area contributed by atoms with E-state index >= 15 is 0 Å². The second kappa shape index (κ2) is 7.48. The first kappa shape index (κ1) is 19.4. The molecule has 0 radical (unpaired) electrons. The summed E-state index contributed by atoms with van der Waals surface area (Å²) >= 11 is 0. The molecule has 0 aliphatic carbocycles. The van der Waals surface area contributed by atoms with Gasteiger partial charge in [0.2, 0.25) is 0 Å². The smallest absolute Gasteiger partial charge is 0.346 e. The highest BCUT2D eigenvalue weighted by molar-refractivity contribution is 6.07. The Balaban J connectivity index is 1.55. The largest absolute Gasteiger partial charge is 0.376 e. The number of urea groups is 1. The Bertz CT molecular complexity index is 960. The van der Waals surface area contributed by atoms with E-state index in [1.54, 1.807) is 13.1 Å². The number of ether oxygens (including phenoxy) is 1. The van der Waals surface area contributed by atoms with Gasteiger partial charge in [-0.1, -0.05) is 30.3 Å². The second-order valence-electron chi connectivity index (χ2n) is 7.85. The van der Waals surface area contributed by atoms with Gasteiger partial charge < -0.3 is 14.6 Å². The van der Waals surface area contributed by atoms with Gasteiger partial charge in [0.05, 0.1) is 12.3 Å². The fourth-order valence-corrected chi connectivity index (χ4v) is 4.05. The van der Waals surface area contributed by atoms with Crippen LogP contribution in [0.5, 0.6) is 0 Å². The van der Waals surface area contributed by atoms with Gasteiger partial charge >= 0.3 is 6.03 Å². The molecule has 29 heavy (non-hydrogen) atoms. The predicted octanol–water partition coefficient (Wildman–Crippen LogP) is 3.09. The van der Waals surface area contributed by atoms with Crippen molar-refractivity contribution in [3.05, 3.63) is 58.9 Å². The highest BCUT2D eigenvalue weighted by atomic mass is 16.5. The van der Waals surface area contributed by atoms with Crippen LogP contribution in [0.15, 0.2) is 41.5 Å². The first-order valence-corrected chi connectivity index (χ1v) is 9.94. The summed E-state index contributed by atoms with van der Waals surface area (Å²) in [4.78, 5) is 25.4. The summed E-state index contributed by atoms with van der Waals surface area (Å²) in [5.74, 6) is -0.391. The number of benzene rings is 1. The molecule has 0 unspecified atom stereocenters. The van der Waals surface area contributed by atoms with Crippen molar-refractivity contribution < 1.29 is 14.3 Å². The molecule has 1 N–H and O–H groups in total. The van der Waals surface area contributed by atoms with Crippen LogP contribution < -0.4 is 5.32 Å². The van der Waals surface area contributed by atoms with Crippen molar-refractivity contribution in [3.63, 3.8) is 0 Å². The number of hydrogen-bond donors (Lipinski definition) is 1. The zero-order valence-electron chi connectivity index (χ0n) is 17.0. The molecule has 1 aromatic carbocycles. The molecule has 152 valence electrons. The Labute approximate surface area is 170 Å². The Morgan fingerprint density at radius 2 is 2.03 bits per heavy atom. The second-order valence-corrected chi connectivity index (χ2v) is 7.85. The zero-order chi connectivity index (χ0) is 20.6. The summed E-state index contributed by atoms with van der Waals surface area (Å²) in [5, 5.41) is 7.91. The van der Waals surface area contributed by atoms with Crippen LogP contribution in [0, 0.1) is 13.8 Å². The van der Waals surface area contributed by atoms with Crippen LogP contribution in [0.2, 0.25) is 0 Å². The highest BCUT2D eigenvalue weighted by Gasteiger charge is 2.49. The lowest BCUT2D eigenvalue weighted by Gasteiger charge is -2.20. The quantitative estimate of drug-likeness (QED) is 0.625. The SMILES string of the molecule is Cc1cc(/C=N\N2C(=O)N[C@@](C)(c3ccccc3)C2=O)c(C)n1C[C@H]1CCCO1. The van der Waals surface area contributed by atoms with E-state index in [2.05, 4.69) is 15.0 Å². The van der Waals surface area contributed by atoms with Crippen LogP contribution in [0.4, 0.5) is 4.79 Å². The van der Waals surface area contributed by atoms with Crippen molar-refractivity contribution in [2.45, 2.75) is 51.8 Å². The molecule has 0 bridgehead atoms. The molecule has 4 rings (SSSR count). The fourth-order valence-electron chi connectivity index (χ4n) is 4.05. The number of hydrazone groups is 1. The van der Waals surface area contributed by atoms with Gasteiger partial charge in [-0.15, -0.1) is 5.01 Å². The Morgan fingerprint density at radius 3 is 2.72 bits per heavy atom. The maximum Gasteiger partial charge on any atom is 0.346 e. The topological polar surface area (TPSA) is 75.9 Å². The van der Waals surface area contributed by atoms with E-state index in [4.69, 9.17) is 4.74 Å². The summed E-state index contributed by atoms with van der Waals surface area (Å²) in [5.41, 5.74) is 2.64. The molecule has 2 aromatic rings. The third-order valence-electron chi connectivity index (χ3n) is 5.86. The number of carbonyl (C=O) groups is 2. The first-order valence-electron chi connectivity index (χ1n) is 9.94. The summed E-state index contributed by atoms with van der Waals surface area (Å²) in [7, 11) is 0. The average molecular weight is 394 g/mol. The Morgan fingerprint density at radius 1 is 1.28 bits per heavy atom. The average Bonchev–Trinajstić information content (AvgIpc) is 3.37. The molecule has 3 amide bonds. The van der Waals surface area contributed by atoms with Crippen molar-refractivity contribution in [2.75, 3.05) is 6.61 Å². The van der Waals surface area contributed by atoms with Gasteiger partial charge in [-0.05, 0) is 45.2 Å². The number of imide groups is 1. The lowest BCUT2D eigenvalue weighted by Crippen LogP contribution is -2.40. The Hall–Kier alpha value is -2.93. The molecular formula is C22H26N4O3. The van der Waals surface area contributed by atoms with Crippen molar-refractivity contribution in [2.24, 2.45) is 5.10 Å². The predicted molar refractivity (Wildman–Crippen MR) is 110 cm³/mol. The van der Waals surface area contributed by atoms with E-state index in [-0.39, 0.29) is 6.10 Å². The molecule has 7 heteroatoms. The number of hydrogen-bond acceptors (Lipinski definition) is 4. The minimum Gasteiger partial charge on any atom is -0.376 e. The molecular weight excluding hydrogens is 368 g/mol. The fraction of sp³-hybridized carbons (Fsp3) is 0.409. The van der Waals surface area contributed by atoms with E-state index in [1.165, 1.54) is 0 Å². The molecule has 2 atom stereocenters. The van der Waals surface area contributed by atoms with Crippen LogP contribution in [0.25, 0.3) is 0 Å². The lowest BCUT2D eigenvalue weighted by molar-refractivity contribution is -0.131. The van der Waals surface area contributed by atoms with Crippen LogP contribution in [-0.2, 0) is 21.6 Å². The standard InChI is InChI=1S/C22H26N4O3/c1-15-12-17(16(2)25(15)14-19-10-7-11-29-19)13-23-26-20(27)22(3,24-21(26)28)18-8-5-4-6-9-18/h4-6,8-9,12-13,19H,7,10-11,14H2,1-3H3,(H,24,28)/b23-13-/t19-,22+/m1/s1. The van der Waals surface area contributed by atoms with Gasteiger partial charge in [-0.2, -0.15) is 5.10 Å². The number of amides is 3. The molecule has 2 fully saturated rings. The first-order chi connectivity index (χ1) is 13.9. The molecule has 2 saturated heterocycles. The van der Waals surface area contributed by atoms with Gasteiger partial charge in [0.25, 0.3) is 5.91 Å². The maximum absolute atomic E-state index is 13.0. The molecule has 0 spiro atoms. The molecule has 3 heterocycles. The minimum atomic E-state index is -1.12. The number of aromatic nitrogens is 1. The van der Waals surface area contributed by atoms with Crippen LogP contribution >= 0.6 is 0 Å². The van der Waals surface area contributed by atoms with Crippen molar-refractivity contribution in [1.82, 2.24) is 14.9 Å². The van der Waals surface area contributed by atoms with E-state index in [0.717, 1.165) is 53.5 Å². The molecule has 1 aromatic heterocycles. The van der Waals surface area contributed by atoms with Crippen molar-refractivity contribution >= 4 is 18.2 Å². The minimum absolute atomic E-state index is 0.238. The monoisotopic (exact) mass is 394 g/mol. The lowest BCUT2D eigenvalue weighted by atomic mass is 9.92. The van der Waals surface area contributed by atoms with Crippen LogP contribution in [0.1, 0.15) is 42.3 Å². The molecule has 7 nitrogen and oxygen atoms in total. The number of nitrogens with zero attached hydrogens (tertiary/aromatic N) is 3. The van der Waals surface area contributed by atoms with E-state index < -0.39 is 17.5 Å². The number of nitrogens with one attached hydrogen (secondary N) is 1. The number of aryl methyl sites for hydroxylation is 1. The third kappa shape index (κ3) is 3.46. The zero-order valence-corrected chi connectivity index (χ0v) is 17.0. The van der Waals surface area contributed by atoms with E-state index in [1.807, 2.05) is 50.2 Å². The maximum atomic E-state index is 13.0. The van der Waals surface area contributed by atoms with E-state index in [0.29, 0.717) is 0 Å².